The Bertz CT molecular complexity index is 69.5. The lowest BCUT2D eigenvalue weighted by atomic mass is 10.4. The average Bonchev–Trinajstić information content (AvgIpc) is 2.11. The predicted molar refractivity (Wildman–Crippen MR) is 42.5 cm³/mol. The van der Waals surface area contributed by atoms with E-state index < -0.39 is 0 Å². The van der Waals surface area contributed by atoms with Gasteiger partial charge in [-0.25, -0.2) is 0 Å². The Kier molecular flexibility index (Phi) is 5.88. The Morgan fingerprint density at radius 2 is 1.78 bits per heavy atom. The number of hydrogen-bond donors (Lipinski definition) is 1. The first-order valence-corrected chi connectivity index (χ1v) is 3.48. The summed E-state index contributed by atoms with van der Waals surface area (Å²) in [6.07, 6.45) is 2.56. The highest BCUT2D eigenvalue weighted by atomic mass is 32.1. The van der Waals surface area contributed by atoms with Crippen LogP contribution in [0.2, 0.25) is 0 Å². The van der Waals surface area contributed by atoms with E-state index in [9.17, 15) is 0 Å². The van der Waals surface area contributed by atoms with Gasteiger partial charge in [0, 0.05) is 13.2 Å². The van der Waals surface area contributed by atoms with Gasteiger partial charge in [-0.2, -0.15) is 0 Å². The van der Waals surface area contributed by atoms with Crippen molar-refractivity contribution in [2.45, 2.75) is 19.8 Å². The minimum atomic E-state index is 0.500. The summed E-state index contributed by atoms with van der Waals surface area (Å²) >= 11 is 4.31. The number of thiocarbonyl (C=S) groups is 1. The molecule has 0 atom stereocenters. The van der Waals surface area contributed by atoms with E-state index in [1.807, 2.05) is 0 Å². The summed E-state index contributed by atoms with van der Waals surface area (Å²) in [7, 11) is 0. The molecule has 1 rings (SSSR count). The van der Waals surface area contributed by atoms with Crippen LogP contribution in [0, 0.1) is 0 Å². The van der Waals surface area contributed by atoms with Gasteiger partial charge in [-0.15, -0.1) is 0 Å². The van der Waals surface area contributed by atoms with Crippen molar-refractivity contribution in [3.05, 3.63) is 0 Å². The second-order valence-electron chi connectivity index (χ2n) is 1.93. The van der Waals surface area contributed by atoms with Crippen molar-refractivity contribution in [1.29, 1.82) is 0 Å². The van der Waals surface area contributed by atoms with E-state index >= 15 is 0 Å². The largest absolute Gasteiger partial charge is 0.394 e. The predicted octanol–water partition coefficient (Wildman–Crippen LogP) is 1.09. The molecule has 0 aromatic rings. The third-order valence-electron chi connectivity index (χ3n) is 0.827. The van der Waals surface area contributed by atoms with Gasteiger partial charge in [0.15, 0.2) is 0 Å². The highest BCUT2D eigenvalue weighted by Gasteiger charge is 1.94. The molecule has 0 aliphatic carbocycles. The van der Waals surface area contributed by atoms with E-state index in [1.54, 1.807) is 6.92 Å². The highest BCUT2D eigenvalue weighted by Crippen LogP contribution is 1.98. The van der Waals surface area contributed by atoms with E-state index in [2.05, 4.69) is 12.2 Å². The van der Waals surface area contributed by atoms with Crippen molar-refractivity contribution in [2.24, 2.45) is 5.73 Å². The molecule has 0 amide bonds. The summed E-state index contributed by atoms with van der Waals surface area (Å²) in [6, 6.07) is 0. The lowest BCUT2D eigenvalue weighted by molar-refractivity contribution is 0.198. The first kappa shape index (κ1) is 8.85. The molecule has 0 spiro atoms. The van der Waals surface area contributed by atoms with Gasteiger partial charge < -0.3 is 10.5 Å². The molecule has 2 nitrogen and oxygen atoms in total. The third-order valence-corrected chi connectivity index (χ3v) is 0.827. The Morgan fingerprint density at radius 3 is 1.89 bits per heavy atom. The van der Waals surface area contributed by atoms with E-state index in [1.165, 1.54) is 12.8 Å². The molecule has 1 fully saturated rings. The molecule has 0 aromatic heterocycles. The summed E-state index contributed by atoms with van der Waals surface area (Å²) in [6.45, 7) is 3.68. The zero-order chi connectivity index (χ0) is 7.11. The van der Waals surface area contributed by atoms with Gasteiger partial charge in [-0.3, -0.25) is 0 Å². The molecule has 1 aliphatic rings. The van der Waals surface area contributed by atoms with Gasteiger partial charge in [0.25, 0.3) is 0 Å². The highest BCUT2D eigenvalue weighted by molar-refractivity contribution is 7.80. The van der Waals surface area contributed by atoms with Crippen molar-refractivity contribution in [2.75, 3.05) is 13.2 Å². The zero-order valence-electron chi connectivity index (χ0n) is 5.72. The van der Waals surface area contributed by atoms with Crippen LogP contribution in [-0.2, 0) is 4.74 Å². The molecule has 54 valence electrons. The Labute approximate surface area is 61.4 Å². The van der Waals surface area contributed by atoms with Crippen LogP contribution in [0.3, 0.4) is 0 Å². The van der Waals surface area contributed by atoms with Gasteiger partial charge in [0.1, 0.15) is 0 Å². The second kappa shape index (κ2) is 5.98. The molecule has 3 heteroatoms. The van der Waals surface area contributed by atoms with Crippen molar-refractivity contribution in [3.63, 3.8) is 0 Å². The number of ether oxygens (including phenoxy) is 1. The summed E-state index contributed by atoms with van der Waals surface area (Å²) in [5.74, 6) is 0. The third kappa shape index (κ3) is 11.4. The second-order valence-corrected chi connectivity index (χ2v) is 2.57. The standard InChI is InChI=1S/C4H8O.C2H5NS/c1-2-4-5-3-1;1-2(3)4/h1-4H2;1H3,(H2,3,4). The smallest absolute Gasteiger partial charge is 0.0695 e. The first-order chi connectivity index (χ1) is 4.23. The Morgan fingerprint density at radius 1 is 1.44 bits per heavy atom. The summed E-state index contributed by atoms with van der Waals surface area (Å²) in [5, 5.41) is 0. The molecule has 2 N–H and O–H groups in total. The molecule has 1 heterocycles. The Balaban J connectivity index is 0.000000148. The topological polar surface area (TPSA) is 35.2 Å². The van der Waals surface area contributed by atoms with Crippen molar-refractivity contribution in [3.8, 4) is 0 Å². The number of rotatable bonds is 0. The van der Waals surface area contributed by atoms with Crippen molar-refractivity contribution in [1.82, 2.24) is 0 Å². The maximum absolute atomic E-state index is 4.94. The molecule has 9 heavy (non-hydrogen) atoms. The lowest BCUT2D eigenvalue weighted by Gasteiger charge is -1.76. The van der Waals surface area contributed by atoms with Crippen LogP contribution in [0.1, 0.15) is 19.8 Å². The van der Waals surface area contributed by atoms with Crippen LogP contribution in [0.4, 0.5) is 0 Å². The molecule has 0 saturated carbocycles. The fourth-order valence-corrected chi connectivity index (χ4v) is 0.510. The summed E-state index contributed by atoms with van der Waals surface area (Å²) in [4.78, 5) is 0.500. The van der Waals surface area contributed by atoms with E-state index in [-0.39, 0.29) is 0 Å². The maximum atomic E-state index is 4.94. The molecule has 0 radical (unpaired) electrons. The minimum Gasteiger partial charge on any atom is -0.394 e. The van der Waals surface area contributed by atoms with Gasteiger partial charge >= 0.3 is 0 Å². The van der Waals surface area contributed by atoms with Crippen LogP contribution >= 0.6 is 12.2 Å². The summed E-state index contributed by atoms with van der Waals surface area (Å²) in [5.41, 5.74) is 4.84. The fourth-order valence-electron chi connectivity index (χ4n) is 0.510. The van der Waals surface area contributed by atoms with E-state index in [4.69, 9.17) is 10.5 Å². The molecule has 0 aromatic carbocycles. The van der Waals surface area contributed by atoms with Crippen LogP contribution in [0.15, 0.2) is 0 Å². The summed E-state index contributed by atoms with van der Waals surface area (Å²) < 4.78 is 4.94. The van der Waals surface area contributed by atoms with E-state index in [0.717, 1.165) is 13.2 Å². The number of nitrogens with two attached hydrogens (primary N) is 1. The normalized spacial score (nSPS) is 16.1. The molecule has 0 unspecified atom stereocenters. The van der Waals surface area contributed by atoms with Crippen LogP contribution in [-0.4, -0.2) is 18.2 Å². The zero-order valence-corrected chi connectivity index (χ0v) is 6.54. The number of hydrogen-bond acceptors (Lipinski definition) is 2. The molecular weight excluding hydrogens is 134 g/mol. The Hall–Kier alpha value is -0.150. The van der Waals surface area contributed by atoms with Crippen LogP contribution in [0.25, 0.3) is 0 Å². The van der Waals surface area contributed by atoms with Gasteiger partial charge in [-0.05, 0) is 19.8 Å². The lowest BCUT2D eigenvalue weighted by Crippen LogP contribution is -1.98. The fraction of sp³-hybridized carbons (Fsp3) is 0.833. The van der Waals surface area contributed by atoms with Gasteiger partial charge in [-0.1, -0.05) is 12.2 Å². The minimum absolute atomic E-state index is 0.500. The van der Waals surface area contributed by atoms with Crippen molar-refractivity contribution < 1.29 is 4.74 Å². The van der Waals surface area contributed by atoms with Gasteiger partial charge in [0.2, 0.25) is 0 Å². The van der Waals surface area contributed by atoms with Crippen LogP contribution < -0.4 is 5.73 Å². The van der Waals surface area contributed by atoms with Crippen LogP contribution in [0.5, 0.6) is 0 Å². The SMILES string of the molecule is C1CCOC1.CC(N)=S. The van der Waals surface area contributed by atoms with E-state index in [0.29, 0.717) is 4.99 Å². The maximum Gasteiger partial charge on any atom is 0.0695 e. The quantitative estimate of drug-likeness (QED) is 0.521. The monoisotopic (exact) mass is 147 g/mol. The molecule has 1 saturated heterocycles. The first-order valence-electron chi connectivity index (χ1n) is 3.07. The van der Waals surface area contributed by atoms with Crippen molar-refractivity contribution >= 4 is 17.2 Å². The molecule has 1 aliphatic heterocycles. The average molecular weight is 147 g/mol. The molecule has 0 bridgehead atoms. The molecular formula is C6H13NOS. The van der Waals surface area contributed by atoms with Gasteiger partial charge in [0.05, 0.1) is 4.99 Å².